The third kappa shape index (κ3) is 4.41. The molecule has 1 fully saturated rings. The van der Waals surface area contributed by atoms with Gasteiger partial charge in [0.05, 0.1) is 17.8 Å². The molecule has 0 atom stereocenters. The van der Waals surface area contributed by atoms with Crippen molar-refractivity contribution in [3.05, 3.63) is 53.5 Å². The molecule has 0 aliphatic carbocycles. The Labute approximate surface area is 151 Å². The van der Waals surface area contributed by atoms with Crippen LogP contribution in [0.15, 0.2) is 48.0 Å². The summed E-state index contributed by atoms with van der Waals surface area (Å²) in [5.74, 6) is -0.363. The fourth-order valence-electron chi connectivity index (χ4n) is 2.56. The van der Waals surface area contributed by atoms with Gasteiger partial charge in [-0.2, -0.15) is 0 Å². The van der Waals surface area contributed by atoms with E-state index in [1.807, 2.05) is 65.0 Å². The molecule has 0 N–H and O–H groups in total. The topological polar surface area (TPSA) is 44.8 Å². The maximum atomic E-state index is 11.7. The normalized spacial score (nSPS) is 19.8. The maximum Gasteiger partial charge on any atom is 0.490 e. The van der Waals surface area contributed by atoms with Crippen LogP contribution in [0.4, 0.5) is 0 Å². The van der Waals surface area contributed by atoms with E-state index in [9.17, 15) is 4.79 Å². The van der Waals surface area contributed by atoms with E-state index in [0.29, 0.717) is 6.61 Å². The van der Waals surface area contributed by atoms with Gasteiger partial charge < -0.3 is 14.0 Å². The van der Waals surface area contributed by atoms with E-state index in [4.69, 9.17) is 14.0 Å². The molecule has 0 amide bonds. The summed E-state index contributed by atoms with van der Waals surface area (Å²) in [5, 5.41) is 0. The smallest absolute Gasteiger partial charge is 0.463 e. The molecular formula is C20H27BO4. The van der Waals surface area contributed by atoms with Gasteiger partial charge in [-0.05, 0) is 64.2 Å². The van der Waals surface area contributed by atoms with Crippen LogP contribution in [0, 0.1) is 0 Å². The first kappa shape index (κ1) is 19.5. The molecule has 4 nitrogen and oxygen atoms in total. The summed E-state index contributed by atoms with van der Waals surface area (Å²) in [5.41, 5.74) is 1.99. The van der Waals surface area contributed by atoms with Gasteiger partial charge in [0.15, 0.2) is 0 Å². The van der Waals surface area contributed by atoms with Crippen LogP contribution in [0.1, 0.15) is 47.1 Å². The van der Waals surface area contributed by atoms with Crippen molar-refractivity contribution >= 4 is 18.7 Å². The van der Waals surface area contributed by atoms with Crippen LogP contribution in [0.5, 0.6) is 0 Å². The van der Waals surface area contributed by atoms with Gasteiger partial charge in [0.2, 0.25) is 0 Å². The van der Waals surface area contributed by atoms with Gasteiger partial charge in [-0.3, -0.25) is 0 Å². The quantitative estimate of drug-likeness (QED) is 0.348. The lowest BCUT2D eigenvalue weighted by Crippen LogP contribution is -2.41. The number of hydrogen-bond donors (Lipinski definition) is 0. The van der Waals surface area contributed by atoms with Crippen molar-refractivity contribution in [2.75, 3.05) is 6.61 Å². The van der Waals surface area contributed by atoms with Crippen molar-refractivity contribution in [2.24, 2.45) is 0 Å². The molecule has 0 spiro atoms. The van der Waals surface area contributed by atoms with Crippen molar-refractivity contribution < 1.29 is 18.8 Å². The number of benzene rings is 1. The van der Waals surface area contributed by atoms with Gasteiger partial charge in [-0.15, -0.1) is 0 Å². The lowest BCUT2D eigenvalue weighted by Gasteiger charge is -2.32. The molecular weight excluding hydrogens is 315 g/mol. The molecule has 0 bridgehead atoms. The molecule has 1 saturated heterocycles. The monoisotopic (exact) mass is 342 g/mol. The second kappa shape index (κ2) is 7.59. The molecule has 25 heavy (non-hydrogen) atoms. The zero-order valence-corrected chi connectivity index (χ0v) is 16.0. The second-order valence-electron chi connectivity index (χ2n) is 7.14. The molecule has 1 aliphatic heterocycles. The van der Waals surface area contributed by atoms with Gasteiger partial charge in [0, 0.05) is 6.08 Å². The number of hydrogen-bond acceptors (Lipinski definition) is 4. The molecule has 1 aromatic carbocycles. The van der Waals surface area contributed by atoms with Crippen LogP contribution in [-0.2, 0) is 18.8 Å². The largest absolute Gasteiger partial charge is 0.490 e. The third-order valence-electron chi connectivity index (χ3n) is 4.79. The third-order valence-corrected chi connectivity index (χ3v) is 4.79. The Kier molecular flexibility index (Phi) is 5.91. The highest BCUT2D eigenvalue weighted by Gasteiger charge is 2.52. The molecule has 0 unspecified atom stereocenters. The molecule has 0 aromatic heterocycles. The van der Waals surface area contributed by atoms with E-state index in [2.05, 4.69) is 0 Å². The molecule has 1 aliphatic rings. The van der Waals surface area contributed by atoms with Gasteiger partial charge in [0.1, 0.15) is 0 Å². The van der Waals surface area contributed by atoms with E-state index in [0.717, 1.165) is 16.6 Å². The van der Waals surface area contributed by atoms with Crippen LogP contribution in [-0.4, -0.2) is 30.9 Å². The predicted octanol–water partition coefficient (Wildman–Crippen LogP) is 4.21. The maximum absolute atomic E-state index is 11.7. The highest BCUT2D eigenvalue weighted by atomic mass is 16.7. The average Bonchev–Trinajstić information content (AvgIpc) is 2.77. The fourth-order valence-corrected chi connectivity index (χ4v) is 2.56. The van der Waals surface area contributed by atoms with Crippen molar-refractivity contribution in [1.29, 1.82) is 0 Å². The average molecular weight is 342 g/mol. The first-order chi connectivity index (χ1) is 11.7. The van der Waals surface area contributed by atoms with Crippen LogP contribution in [0.25, 0.3) is 5.57 Å². The van der Waals surface area contributed by atoms with Gasteiger partial charge in [-0.1, -0.05) is 30.3 Å². The van der Waals surface area contributed by atoms with Crippen molar-refractivity contribution in [1.82, 2.24) is 0 Å². The molecule has 0 radical (unpaired) electrons. The zero-order chi connectivity index (χ0) is 18.7. The summed E-state index contributed by atoms with van der Waals surface area (Å²) >= 11 is 0. The number of allylic oxidation sites excluding steroid dienone is 3. The molecule has 1 heterocycles. The highest BCUT2D eigenvalue weighted by Crippen LogP contribution is 2.39. The standard InChI is InChI=1S/C20H27BO4/c1-7-23-18(22)14-13-17(16-11-9-8-10-12-16)15(2)21-24-19(3,4)20(5,6)25-21/h8-14H,7H2,1-6H3/b14-13+,17-15-. The molecule has 5 heteroatoms. The fraction of sp³-hybridized carbons (Fsp3) is 0.450. The lowest BCUT2D eigenvalue weighted by molar-refractivity contribution is -0.137. The number of ether oxygens (including phenoxy) is 1. The Morgan fingerprint density at radius 3 is 2.16 bits per heavy atom. The molecule has 0 saturated carbocycles. The number of carbonyl (C=O) groups is 1. The minimum absolute atomic E-state index is 0.351. The van der Waals surface area contributed by atoms with Gasteiger partial charge in [0.25, 0.3) is 0 Å². The van der Waals surface area contributed by atoms with Crippen molar-refractivity contribution in [3.8, 4) is 0 Å². The SMILES string of the molecule is CCOC(=O)/C=C/C(=C(\C)B1OC(C)(C)C(C)(C)O1)c1ccccc1. The number of rotatable bonds is 5. The first-order valence-electron chi connectivity index (χ1n) is 8.64. The van der Waals surface area contributed by atoms with E-state index < -0.39 is 18.3 Å². The molecule has 1 aromatic rings. The second-order valence-corrected chi connectivity index (χ2v) is 7.14. The molecule has 134 valence electrons. The summed E-state index contributed by atoms with van der Waals surface area (Å²) in [4.78, 5) is 11.7. The minimum Gasteiger partial charge on any atom is -0.463 e. The van der Waals surface area contributed by atoms with Crippen LogP contribution >= 0.6 is 0 Å². The van der Waals surface area contributed by atoms with E-state index in [1.54, 1.807) is 13.0 Å². The molecule has 2 rings (SSSR count). The van der Waals surface area contributed by atoms with E-state index >= 15 is 0 Å². The Balaban J connectivity index is 2.40. The zero-order valence-electron chi connectivity index (χ0n) is 16.0. The lowest BCUT2D eigenvalue weighted by atomic mass is 9.75. The van der Waals surface area contributed by atoms with Gasteiger partial charge in [-0.25, -0.2) is 4.79 Å². The summed E-state index contributed by atoms with van der Waals surface area (Å²) in [6, 6.07) is 9.88. The van der Waals surface area contributed by atoms with Crippen molar-refractivity contribution in [2.45, 2.75) is 52.7 Å². The van der Waals surface area contributed by atoms with E-state index in [-0.39, 0.29) is 5.97 Å². The summed E-state index contributed by atoms with van der Waals surface area (Å²) in [6.45, 7) is 12.2. The summed E-state index contributed by atoms with van der Waals surface area (Å²) in [7, 11) is -0.466. The Hall–Kier alpha value is -1.85. The summed E-state index contributed by atoms with van der Waals surface area (Å²) in [6.07, 6.45) is 3.22. The van der Waals surface area contributed by atoms with Crippen molar-refractivity contribution in [3.63, 3.8) is 0 Å². The van der Waals surface area contributed by atoms with Gasteiger partial charge >= 0.3 is 13.1 Å². The first-order valence-corrected chi connectivity index (χ1v) is 8.64. The van der Waals surface area contributed by atoms with E-state index in [1.165, 1.54) is 6.08 Å². The minimum atomic E-state index is -0.466. The van der Waals surface area contributed by atoms with Crippen LogP contribution in [0.3, 0.4) is 0 Å². The summed E-state index contributed by atoms with van der Waals surface area (Å²) < 4.78 is 17.3. The van der Waals surface area contributed by atoms with Crippen LogP contribution in [0.2, 0.25) is 0 Å². The Morgan fingerprint density at radius 1 is 1.08 bits per heavy atom. The Bertz CT molecular complexity index is 658. The Morgan fingerprint density at radius 2 is 1.64 bits per heavy atom. The predicted molar refractivity (Wildman–Crippen MR) is 101 cm³/mol. The number of esters is 1. The highest BCUT2D eigenvalue weighted by molar-refractivity contribution is 6.56. The number of carbonyl (C=O) groups excluding carboxylic acids is 1. The van der Waals surface area contributed by atoms with Crippen LogP contribution < -0.4 is 0 Å².